The van der Waals surface area contributed by atoms with E-state index >= 15 is 0 Å². The summed E-state index contributed by atoms with van der Waals surface area (Å²) >= 11 is 1.70. The molecule has 1 unspecified atom stereocenters. The summed E-state index contributed by atoms with van der Waals surface area (Å²) in [5.41, 5.74) is 1.28. The molecule has 3 aliphatic rings. The van der Waals surface area contributed by atoms with Crippen LogP contribution in [-0.2, 0) is 9.59 Å². The monoisotopic (exact) mass is 364 g/mol. The molecule has 3 fully saturated rings. The minimum Gasteiger partial charge on any atom is -0.341 e. The Hall–Kier alpha value is -0.970. The van der Waals surface area contributed by atoms with Crippen molar-refractivity contribution in [3.63, 3.8) is 0 Å². The van der Waals surface area contributed by atoms with E-state index in [1.807, 2.05) is 24.8 Å². The number of likely N-dealkylation sites (tertiary alicyclic amines) is 1. The number of hydrogen-bond acceptors (Lipinski definition) is 3. The number of carbonyl (C=O) groups is 2. The van der Waals surface area contributed by atoms with E-state index in [-0.39, 0.29) is 17.9 Å². The summed E-state index contributed by atoms with van der Waals surface area (Å²) in [6, 6.07) is -0.266. The van der Waals surface area contributed by atoms with Crippen molar-refractivity contribution >= 4 is 23.6 Å². The van der Waals surface area contributed by atoms with Gasteiger partial charge in [-0.1, -0.05) is 32.3 Å². The molecule has 0 aromatic heterocycles. The van der Waals surface area contributed by atoms with Crippen LogP contribution in [-0.4, -0.2) is 52.4 Å². The smallest absolute Gasteiger partial charge is 0.250 e. The molecule has 4 nitrogen and oxygen atoms in total. The average molecular weight is 365 g/mol. The first kappa shape index (κ1) is 18.8. The van der Waals surface area contributed by atoms with Gasteiger partial charge in [-0.25, -0.2) is 0 Å². The summed E-state index contributed by atoms with van der Waals surface area (Å²) in [5, 5.41) is 0. The number of amides is 2. The van der Waals surface area contributed by atoms with Crippen molar-refractivity contribution in [1.82, 2.24) is 9.80 Å². The van der Waals surface area contributed by atoms with Crippen molar-refractivity contribution in [2.75, 3.05) is 24.7 Å². The van der Waals surface area contributed by atoms with Crippen LogP contribution < -0.4 is 0 Å². The highest BCUT2D eigenvalue weighted by Crippen LogP contribution is 2.44. The lowest BCUT2D eigenvalue weighted by atomic mass is 9.68. The lowest BCUT2D eigenvalue weighted by Gasteiger charge is -2.45. The maximum Gasteiger partial charge on any atom is 0.250 e. The van der Waals surface area contributed by atoms with E-state index in [0.717, 1.165) is 43.7 Å². The lowest BCUT2D eigenvalue weighted by Crippen LogP contribution is -2.52. The molecule has 3 rings (SSSR count). The van der Waals surface area contributed by atoms with Crippen molar-refractivity contribution in [2.45, 2.75) is 71.3 Å². The van der Waals surface area contributed by atoms with Gasteiger partial charge in [-0.3, -0.25) is 9.59 Å². The second-order valence-corrected chi connectivity index (χ2v) is 8.97. The number of rotatable bonds is 3. The number of allylic oxidation sites excluding steroid dienone is 1. The number of carbonyl (C=O) groups excluding carboxylic acids is 2. The van der Waals surface area contributed by atoms with Gasteiger partial charge in [-0.15, -0.1) is 11.8 Å². The van der Waals surface area contributed by atoms with Gasteiger partial charge in [0.1, 0.15) is 6.04 Å². The lowest BCUT2D eigenvalue weighted by molar-refractivity contribution is -0.143. The largest absolute Gasteiger partial charge is 0.341 e. The summed E-state index contributed by atoms with van der Waals surface area (Å²) in [5.74, 6) is 1.59. The summed E-state index contributed by atoms with van der Waals surface area (Å²) < 4.78 is 0. The maximum absolute atomic E-state index is 13.1. The first-order chi connectivity index (χ1) is 12.1. The van der Waals surface area contributed by atoms with Crippen molar-refractivity contribution in [2.24, 2.45) is 5.41 Å². The molecular formula is C20H32N2O2S. The third-order valence-electron chi connectivity index (χ3n) is 6.33. The Bertz CT molecular complexity index is 530. The molecule has 2 saturated heterocycles. The molecule has 1 atom stereocenters. The average Bonchev–Trinajstić information content (AvgIpc) is 3.11. The highest BCUT2D eigenvalue weighted by Gasteiger charge is 2.41. The van der Waals surface area contributed by atoms with Crippen LogP contribution in [0.3, 0.4) is 0 Å². The Labute approximate surface area is 156 Å². The Morgan fingerprint density at radius 2 is 1.80 bits per heavy atom. The molecule has 0 radical (unpaired) electrons. The Morgan fingerprint density at radius 3 is 2.44 bits per heavy atom. The Kier molecular flexibility index (Phi) is 6.13. The zero-order chi connectivity index (χ0) is 17.9. The van der Waals surface area contributed by atoms with Crippen LogP contribution in [0.25, 0.3) is 0 Å². The zero-order valence-corrected chi connectivity index (χ0v) is 16.6. The fourth-order valence-corrected chi connectivity index (χ4v) is 5.83. The number of piperidine rings is 1. The predicted octanol–water partition coefficient (Wildman–Crippen LogP) is 3.82. The molecule has 1 aliphatic carbocycles. The van der Waals surface area contributed by atoms with Crippen molar-refractivity contribution < 1.29 is 9.59 Å². The minimum atomic E-state index is -0.266. The van der Waals surface area contributed by atoms with E-state index in [4.69, 9.17) is 0 Å². The molecule has 2 heterocycles. The van der Waals surface area contributed by atoms with Crippen LogP contribution in [0.2, 0.25) is 0 Å². The van der Waals surface area contributed by atoms with E-state index in [1.165, 1.54) is 32.1 Å². The molecule has 0 bridgehead atoms. The molecule has 25 heavy (non-hydrogen) atoms. The van der Waals surface area contributed by atoms with Crippen LogP contribution in [0.5, 0.6) is 0 Å². The van der Waals surface area contributed by atoms with Crippen molar-refractivity contribution in [1.29, 1.82) is 0 Å². The number of hydrogen-bond donors (Lipinski definition) is 0. The molecule has 0 aromatic rings. The Morgan fingerprint density at radius 1 is 1.12 bits per heavy atom. The molecule has 2 amide bonds. The van der Waals surface area contributed by atoms with Gasteiger partial charge < -0.3 is 9.80 Å². The molecule has 2 aliphatic heterocycles. The van der Waals surface area contributed by atoms with E-state index in [9.17, 15) is 9.59 Å². The Balaban J connectivity index is 1.60. The van der Waals surface area contributed by atoms with E-state index in [0.29, 0.717) is 11.3 Å². The molecule has 1 spiro atoms. The zero-order valence-electron chi connectivity index (χ0n) is 15.8. The number of nitrogens with zero attached hydrogens (tertiary/aromatic N) is 2. The van der Waals surface area contributed by atoms with E-state index in [2.05, 4.69) is 0 Å². The first-order valence-corrected chi connectivity index (χ1v) is 11.1. The standard InChI is InChI=1S/C20H32N2O2S/c1-3-7-16(2)18(23)22-15-25-14-17(22)19(24)21-12-10-20(11-13-21)8-5-4-6-9-20/h7,17H,3-6,8-15H2,1-2H3. The molecular weight excluding hydrogens is 332 g/mol. The van der Waals surface area contributed by atoms with Gasteiger partial charge in [0.25, 0.3) is 5.91 Å². The van der Waals surface area contributed by atoms with Crippen molar-refractivity contribution in [3.05, 3.63) is 11.6 Å². The maximum atomic E-state index is 13.1. The third-order valence-corrected chi connectivity index (χ3v) is 7.34. The van der Waals surface area contributed by atoms with Crippen LogP contribution in [0, 0.1) is 5.41 Å². The number of thioether (sulfide) groups is 1. The summed E-state index contributed by atoms with van der Waals surface area (Å²) in [6.07, 6.45) is 11.9. The first-order valence-electron chi connectivity index (χ1n) is 9.90. The normalized spacial score (nSPS) is 27.0. The second-order valence-electron chi connectivity index (χ2n) is 7.97. The second kappa shape index (κ2) is 8.15. The van der Waals surface area contributed by atoms with Gasteiger partial charge in [0.15, 0.2) is 0 Å². The van der Waals surface area contributed by atoms with Gasteiger partial charge in [0, 0.05) is 24.4 Å². The van der Waals surface area contributed by atoms with Gasteiger partial charge in [0.05, 0.1) is 5.88 Å². The van der Waals surface area contributed by atoms with Gasteiger partial charge in [0.2, 0.25) is 5.91 Å². The van der Waals surface area contributed by atoms with Gasteiger partial charge in [-0.05, 0) is 44.4 Å². The van der Waals surface area contributed by atoms with Gasteiger partial charge >= 0.3 is 0 Å². The molecule has 0 N–H and O–H groups in total. The van der Waals surface area contributed by atoms with Gasteiger partial charge in [-0.2, -0.15) is 0 Å². The minimum absolute atomic E-state index is 0.0333. The topological polar surface area (TPSA) is 40.6 Å². The molecule has 0 aromatic carbocycles. The fourth-order valence-electron chi connectivity index (χ4n) is 4.68. The highest BCUT2D eigenvalue weighted by molar-refractivity contribution is 7.99. The summed E-state index contributed by atoms with van der Waals surface area (Å²) in [4.78, 5) is 29.5. The SMILES string of the molecule is CCC=C(C)C(=O)N1CSCC1C(=O)N1CCC2(CCCCC2)CC1. The summed E-state index contributed by atoms with van der Waals surface area (Å²) in [6.45, 7) is 5.66. The van der Waals surface area contributed by atoms with E-state index in [1.54, 1.807) is 16.7 Å². The highest BCUT2D eigenvalue weighted by atomic mass is 32.2. The van der Waals surface area contributed by atoms with Crippen LogP contribution in [0.15, 0.2) is 11.6 Å². The molecule has 5 heteroatoms. The fraction of sp³-hybridized carbons (Fsp3) is 0.800. The molecule has 140 valence electrons. The van der Waals surface area contributed by atoms with Crippen LogP contribution in [0.4, 0.5) is 0 Å². The molecule has 1 saturated carbocycles. The van der Waals surface area contributed by atoms with Crippen LogP contribution >= 0.6 is 11.8 Å². The third kappa shape index (κ3) is 4.07. The van der Waals surface area contributed by atoms with E-state index < -0.39 is 0 Å². The van der Waals surface area contributed by atoms with Crippen molar-refractivity contribution in [3.8, 4) is 0 Å². The summed E-state index contributed by atoms with van der Waals surface area (Å²) in [7, 11) is 0. The predicted molar refractivity (Wildman–Crippen MR) is 103 cm³/mol. The van der Waals surface area contributed by atoms with Crippen LogP contribution in [0.1, 0.15) is 65.2 Å². The quantitative estimate of drug-likeness (QED) is 0.715.